The number of carbonyl (C=O) groups is 1. The maximum atomic E-state index is 13.0. The van der Waals surface area contributed by atoms with Crippen LogP contribution in [0.5, 0.6) is 11.5 Å². The Labute approximate surface area is 231 Å². The fourth-order valence-electron chi connectivity index (χ4n) is 6.22. The molecule has 1 saturated heterocycles. The molecule has 2 aliphatic carbocycles. The van der Waals surface area contributed by atoms with Gasteiger partial charge in [-0.3, -0.25) is 4.79 Å². The minimum absolute atomic E-state index is 0.118. The lowest BCUT2D eigenvalue weighted by Crippen LogP contribution is -2.31. The van der Waals surface area contributed by atoms with Gasteiger partial charge in [0.2, 0.25) is 0 Å². The molecule has 2 atom stereocenters. The third kappa shape index (κ3) is 4.45. The second-order valence-electron chi connectivity index (χ2n) is 11.1. The molecule has 1 amide bonds. The molecule has 7 rings (SSSR count). The Balaban J connectivity index is 1.12. The van der Waals surface area contributed by atoms with Gasteiger partial charge < -0.3 is 15.4 Å². The van der Waals surface area contributed by atoms with Gasteiger partial charge in [-0.2, -0.15) is 10.4 Å². The van der Waals surface area contributed by atoms with E-state index in [0.717, 1.165) is 59.5 Å². The summed E-state index contributed by atoms with van der Waals surface area (Å²) in [6.45, 7) is 1.35. The lowest BCUT2D eigenvalue weighted by molar-refractivity contribution is -0.126. The molecule has 9 nitrogen and oxygen atoms in total. The number of anilines is 1. The molecule has 2 aromatic heterocycles. The van der Waals surface area contributed by atoms with Crippen molar-refractivity contribution in [3.63, 3.8) is 0 Å². The zero-order valence-corrected chi connectivity index (χ0v) is 22.0. The number of rotatable bonds is 6. The highest BCUT2D eigenvalue weighted by atomic mass is 16.5. The number of nitrogen functional groups attached to an aromatic ring is 1. The Bertz CT molecular complexity index is 1640. The van der Waals surface area contributed by atoms with Crippen LogP contribution in [0.2, 0.25) is 0 Å². The van der Waals surface area contributed by atoms with Gasteiger partial charge in [0.15, 0.2) is 5.65 Å². The summed E-state index contributed by atoms with van der Waals surface area (Å²) in [5, 5.41) is 15.3. The molecule has 200 valence electrons. The predicted octanol–water partition coefficient (Wildman–Crippen LogP) is 5.14. The third-order valence-corrected chi connectivity index (χ3v) is 8.36. The summed E-state index contributed by atoms with van der Waals surface area (Å²) in [5.41, 5.74) is 9.04. The quantitative estimate of drug-likeness (QED) is 0.270. The molecule has 2 unspecified atom stereocenters. The topological polar surface area (TPSA) is 123 Å². The molecular weight excluding hydrogens is 502 g/mol. The number of hydrogen-bond acceptors (Lipinski definition) is 7. The van der Waals surface area contributed by atoms with Gasteiger partial charge in [0.1, 0.15) is 41.0 Å². The van der Waals surface area contributed by atoms with Crippen LogP contribution in [-0.4, -0.2) is 43.6 Å². The Morgan fingerprint density at radius 1 is 1.00 bits per heavy atom. The van der Waals surface area contributed by atoms with Crippen molar-refractivity contribution in [3.05, 3.63) is 72.6 Å². The number of aromatic nitrogens is 4. The number of likely N-dealkylation sites (tertiary alicyclic amines) is 1. The molecule has 0 bridgehead atoms. The summed E-state index contributed by atoms with van der Waals surface area (Å²) in [5.74, 6) is 2.92. The molecule has 0 radical (unpaired) electrons. The highest BCUT2D eigenvalue weighted by Crippen LogP contribution is 2.46. The van der Waals surface area contributed by atoms with Crippen molar-refractivity contribution in [2.45, 2.75) is 31.7 Å². The molecule has 1 aliphatic heterocycles. The number of carbonyl (C=O) groups excluding carboxylic acids is 1. The van der Waals surface area contributed by atoms with Crippen LogP contribution in [0.1, 0.15) is 31.7 Å². The molecule has 2 aromatic carbocycles. The van der Waals surface area contributed by atoms with Gasteiger partial charge in [-0.25, -0.2) is 14.6 Å². The third-order valence-electron chi connectivity index (χ3n) is 8.36. The van der Waals surface area contributed by atoms with Gasteiger partial charge in [-0.15, -0.1) is 0 Å². The molecule has 9 heteroatoms. The number of fused-ring (bicyclic) bond motifs is 2. The monoisotopic (exact) mass is 531 g/mol. The number of nitrogens with two attached hydrogens (primary N) is 1. The van der Waals surface area contributed by atoms with Crippen LogP contribution in [0, 0.1) is 29.1 Å². The number of benzene rings is 2. The Hall–Kier alpha value is -4.71. The molecule has 2 saturated carbocycles. The van der Waals surface area contributed by atoms with Crippen molar-refractivity contribution >= 4 is 22.8 Å². The van der Waals surface area contributed by atoms with E-state index in [4.69, 9.17) is 15.6 Å². The zero-order chi connectivity index (χ0) is 27.2. The zero-order valence-electron chi connectivity index (χ0n) is 22.0. The summed E-state index contributed by atoms with van der Waals surface area (Å²) < 4.78 is 7.96. The first-order valence-corrected chi connectivity index (χ1v) is 13.8. The van der Waals surface area contributed by atoms with E-state index < -0.39 is 0 Å². The van der Waals surface area contributed by atoms with Gasteiger partial charge in [0.25, 0.3) is 5.91 Å². The SMILES string of the molecule is N#C/C(=C/C1CC1)C(=O)N1CC2CC(n3nc(-c4ccc(Oc5ccccc5)cc4)c4c(N)ncnc43)CC2C1. The van der Waals surface area contributed by atoms with E-state index >= 15 is 0 Å². The van der Waals surface area contributed by atoms with E-state index in [-0.39, 0.29) is 11.9 Å². The number of nitrogens with zero attached hydrogens (tertiary/aromatic N) is 6. The molecule has 40 heavy (non-hydrogen) atoms. The summed E-state index contributed by atoms with van der Waals surface area (Å²) in [6, 6.07) is 19.7. The highest BCUT2D eigenvalue weighted by molar-refractivity contribution is 5.98. The van der Waals surface area contributed by atoms with Crippen LogP contribution in [0.15, 0.2) is 72.6 Å². The number of ether oxygens (including phenoxy) is 1. The molecule has 2 N–H and O–H groups in total. The van der Waals surface area contributed by atoms with Gasteiger partial charge in [-0.05, 0) is 79.8 Å². The first-order valence-electron chi connectivity index (χ1n) is 13.8. The second-order valence-corrected chi connectivity index (χ2v) is 11.1. The fraction of sp³-hybridized carbons (Fsp3) is 0.323. The van der Waals surface area contributed by atoms with Crippen molar-refractivity contribution in [1.29, 1.82) is 5.26 Å². The Morgan fingerprint density at radius 3 is 2.38 bits per heavy atom. The van der Waals surface area contributed by atoms with Crippen LogP contribution < -0.4 is 10.5 Å². The van der Waals surface area contributed by atoms with Crippen molar-refractivity contribution in [3.8, 4) is 28.8 Å². The fourth-order valence-corrected chi connectivity index (χ4v) is 6.22. The molecule has 3 fully saturated rings. The minimum atomic E-state index is -0.118. The van der Waals surface area contributed by atoms with E-state index in [1.54, 1.807) is 0 Å². The molecular formula is C31H29N7O2. The van der Waals surface area contributed by atoms with Crippen molar-refractivity contribution in [2.24, 2.45) is 17.8 Å². The van der Waals surface area contributed by atoms with Crippen molar-refractivity contribution in [2.75, 3.05) is 18.8 Å². The number of nitriles is 1. The number of amides is 1. The minimum Gasteiger partial charge on any atom is -0.457 e. The average Bonchev–Trinajstić information content (AvgIpc) is 3.38. The molecule has 4 aromatic rings. The van der Waals surface area contributed by atoms with E-state index in [1.807, 2.05) is 70.3 Å². The van der Waals surface area contributed by atoms with Gasteiger partial charge >= 0.3 is 0 Å². The lowest BCUT2D eigenvalue weighted by Gasteiger charge is -2.19. The van der Waals surface area contributed by atoms with Gasteiger partial charge in [0, 0.05) is 18.7 Å². The summed E-state index contributed by atoms with van der Waals surface area (Å²) >= 11 is 0. The smallest absolute Gasteiger partial charge is 0.264 e. The van der Waals surface area contributed by atoms with Crippen LogP contribution in [0.25, 0.3) is 22.3 Å². The molecule has 0 spiro atoms. The largest absolute Gasteiger partial charge is 0.457 e. The summed E-state index contributed by atoms with van der Waals surface area (Å²) in [6.07, 6.45) is 7.29. The normalized spacial score (nSPS) is 22.3. The van der Waals surface area contributed by atoms with Crippen LogP contribution in [0.4, 0.5) is 5.82 Å². The standard InChI is InChI=1S/C31H29N7O2/c32-15-21(12-19-6-7-19)31(39)37-16-22-13-24(14-23(22)17-37)38-30-27(29(33)34-18-35-30)28(36-38)20-8-10-26(11-9-20)40-25-4-2-1-3-5-25/h1-5,8-12,18-19,22-24H,6-7,13-14,16-17H2,(H2,33,34,35)/b21-12-. The number of para-hydroxylation sites is 1. The van der Waals surface area contributed by atoms with Crippen molar-refractivity contribution < 1.29 is 9.53 Å². The maximum absolute atomic E-state index is 13.0. The average molecular weight is 532 g/mol. The Morgan fingerprint density at radius 2 is 1.70 bits per heavy atom. The van der Waals surface area contributed by atoms with E-state index in [1.165, 1.54) is 6.33 Å². The van der Waals surface area contributed by atoms with Crippen LogP contribution in [-0.2, 0) is 4.79 Å². The number of hydrogen-bond donors (Lipinski definition) is 1. The first kappa shape index (κ1) is 24.3. The molecule has 3 heterocycles. The molecule has 3 aliphatic rings. The number of allylic oxidation sites excluding steroid dienone is 1. The lowest BCUT2D eigenvalue weighted by atomic mass is 10.0. The second kappa shape index (κ2) is 9.79. The highest BCUT2D eigenvalue weighted by Gasteiger charge is 2.44. The maximum Gasteiger partial charge on any atom is 0.264 e. The Kier molecular flexibility index (Phi) is 5.96. The van der Waals surface area contributed by atoms with E-state index in [9.17, 15) is 10.1 Å². The van der Waals surface area contributed by atoms with E-state index in [2.05, 4.69) is 16.0 Å². The van der Waals surface area contributed by atoms with Gasteiger partial charge in [-0.1, -0.05) is 24.3 Å². The summed E-state index contributed by atoms with van der Waals surface area (Å²) in [7, 11) is 0. The van der Waals surface area contributed by atoms with Crippen LogP contribution >= 0.6 is 0 Å². The first-order chi connectivity index (χ1) is 19.6. The van der Waals surface area contributed by atoms with E-state index in [0.29, 0.717) is 42.2 Å². The van der Waals surface area contributed by atoms with Crippen LogP contribution in [0.3, 0.4) is 0 Å². The summed E-state index contributed by atoms with van der Waals surface area (Å²) in [4.78, 5) is 23.7. The van der Waals surface area contributed by atoms with Crippen molar-refractivity contribution in [1.82, 2.24) is 24.6 Å². The predicted molar refractivity (Wildman–Crippen MR) is 150 cm³/mol. The van der Waals surface area contributed by atoms with Gasteiger partial charge in [0.05, 0.1) is 11.4 Å².